The Morgan fingerprint density at radius 2 is 1.86 bits per heavy atom. The number of nitrogens with zero attached hydrogens (tertiary/aromatic N) is 1. The Morgan fingerprint density at radius 1 is 1.23 bits per heavy atom. The van der Waals surface area contributed by atoms with Crippen LogP contribution >= 0.6 is 12.4 Å². The van der Waals surface area contributed by atoms with E-state index in [9.17, 15) is 9.59 Å². The van der Waals surface area contributed by atoms with Crippen molar-refractivity contribution >= 4 is 24.2 Å². The molecule has 1 saturated heterocycles. The van der Waals surface area contributed by atoms with Gasteiger partial charge in [0.2, 0.25) is 11.8 Å². The van der Waals surface area contributed by atoms with Crippen LogP contribution in [-0.2, 0) is 14.3 Å². The quantitative estimate of drug-likeness (QED) is 0.795. The third-order valence-corrected chi connectivity index (χ3v) is 4.64. The van der Waals surface area contributed by atoms with Gasteiger partial charge >= 0.3 is 0 Å². The SMILES string of the molecule is CN(C)C(=O)C1CCCC(NC(=O)C2(N)CCOCC2)C1.Cl. The minimum atomic E-state index is -0.809. The predicted octanol–water partition coefficient (Wildman–Crippen LogP) is 0.679. The Hall–Kier alpha value is -0.850. The summed E-state index contributed by atoms with van der Waals surface area (Å²) in [6, 6.07) is 0.0587. The van der Waals surface area contributed by atoms with E-state index < -0.39 is 5.54 Å². The molecule has 1 aliphatic carbocycles. The summed E-state index contributed by atoms with van der Waals surface area (Å²) in [5.74, 6) is 0.0821. The van der Waals surface area contributed by atoms with Gasteiger partial charge in [0.15, 0.2) is 0 Å². The molecule has 2 amide bonds. The molecule has 2 unspecified atom stereocenters. The van der Waals surface area contributed by atoms with Crippen LogP contribution in [0.15, 0.2) is 0 Å². The van der Waals surface area contributed by atoms with E-state index in [4.69, 9.17) is 10.5 Å². The second-order valence-corrected chi connectivity index (χ2v) is 6.54. The lowest BCUT2D eigenvalue weighted by Crippen LogP contribution is -2.59. The molecule has 2 rings (SSSR count). The third-order valence-electron chi connectivity index (χ3n) is 4.64. The predicted molar refractivity (Wildman–Crippen MR) is 86.8 cm³/mol. The van der Waals surface area contributed by atoms with Gasteiger partial charge in [0.1, 0.15) is 0 Å². The maximum absolute atomic E-state index is 12.4. The molecule has 0 bridgehead atoms. The van der Waals surface area contributed by atoms with E-state index >= 15 is 0 Å². The topological polar surface area (TPSA) is 84.7 Å². The molecule has 7 heteroatoms. The van der Waals surface area contributed by atoms with Crippen molar-refractivity contribution in [2.24, 2.45) is 11.7 Å². The number of carbonyl (C=O) groups excluding carboxylic acids is 2. The van der Waals surface area contributed by atoms with Gasteiger partial charge in [-0.25, -0.2) is 0 Å². The lowest BCUT2D eigenvalue weighted by molar-refractivity contribution is -0.136. The number of carbonyl (C=O) groups is 2. The smallest absolute Gasteiger partial charge is 0.240 e. The van der Waals surface area contributed by atoms with Crippen molar-refractivity contribution < 1.29 is 14.3 Å². The number of amides is 2. The summed E-state index contributed by atoms with van der Waals surface area (Å²) < 4.78 is 5.27. The van der Waals surface area contributed by atoms with Gasteiger partial charge in [-0.2, -0.15) is 0 Å². The van der Waals surface area contributed by atoms with Crippen LogP contribution in [0.5, 0.6) is 0 Å². The molecule has 0 aromatic heterocycles. The fraction of sp³-hybridized carbons (Fsp3) is 0.867. The molecule has 6 nitrogen and oxygen atoms in total. The summed E-state index contributed by atoms with van der Waals surface area (Å²) in [5.41, 5.74) is 5.39. The highest BCUT2D eigenvalue weighted by Crippen LogP contribution is 2.26. The highest BCUT2D eigenvalue weighted by atomic mass is 35.5. The molecule has 0 aromatic carbocycles. The largest absolute Gasteiger partial charge is 0.381 e. The number of hydrogen-bond acceptors (Lipinski definition) is 4. The lowest BCUT2D eigenvalue weighted by atomic mass is 9.83. The Balaban J connectivity index is 0.00000242. The second kappa shape index (κ2) is 8.13. The zero-order chi connectivity index (χ0) is 15.5. The van der Waals surface area contributed by atoms with Gasteiger partial charge < -0.3 is 20.7 Å². The summed E-state index contributed by atoms with van der Waals surface area (Å²) in [6.45, 7) is 1.08. The van der Waals surface area contributed by atoms with Crippen LogP contribution in [0.25, 0.3) is 0 Å². The van der Waals surface area contributed by atoms with Crippen LogP contribution in [0.2, 0.25) is 0 Å². The minimum absolute atomic E-state index is 0. The Bertz CT molecular complexity index is 397. The summed E-state index contributed by atoms with van der Waals surface area (Å²) in [4.78, 5) is 26.1. The molecule has 128 valence electrons. The zero-order valence-electron chi connectivity index (χ0n) is 13.5. The minimum Gasteiger partial charge on any atom is -0.381 e. The number of halogens is 1. The fourth-order valence-corrected chi connectivity index (χ4v) is 3.20. The molecule has 2 atom stereocenters. The summed E-state index contributed by atoms with van der Waals surface area (Å²) in [7, 11) is 3.56. The summed E-state index contributed by atoms with van der Waals surface area (Å²) in [6.07, 6.45) is 4.64. The van der Waals surface area contributed by atoms with Crippen LogP contribution in [0.3, 0.4) is 0 Å². The van der Waals surface area contributed by atoms with Crippen molar-refractivity contribution in [1.82, 2.24) is 10.2 Å². The first-order valence-electron chi connectivity index (χ1n) is 7.81. The average Bonchev–Trinajstić information content (AvgIpc) is 2.47. The first kappa shape index (κ1) is 19.2. The van der Waals surface area contributed by atoms with E-state index in [1.807, 2.05) is 0 Å². The molecule has 2 aliphatic rings. The molecule has 0 spiro atoms. The van der Waals surface area contributed by atoms with Gasteiger partial charge in [0, 0.05) is 39.3 Å². The third kappa shape index (κ3) is 4.57. The molecule has 1 saturated carbocycles. The van der Waals surface area contributed by atoms with Gasteiger partial charge in [0.25, 0.3) is 0 Å². The summed E-state index contributed by atoms with van der Waals surface area (Å²) >= 11 is 0. The summed E-state index contributed by atoms with van der Waals surface area (Å²) in [5, 5.41) is 3.06. The van der Waals surface area contributed by atoms with E-state index in [0.717, 1.165) is 25.7 Å². The van der Waals surface area contributed by atoms with Crippen LogP contribution < -0.4 is 11.1 Å². The van der Waals surface area contributed by atoms with Crippen LogP contribution in [0, 0.1) is 5.92 Å². The van der Waals surface area contributed by atoms with Gasteiger partial charge in [-0.05, 0) is 32.1 Å². The van der Waals surface area contributed by atoms with Gasteiger partial charge in [-0.1, -0.05) is 6.42 Å². The molecule has 3 N–H and O–H groups in total. The van der Waals surface area contributed by atoms with E-state index in [-0.39, 0.29) is 36.2 Å². The number of hydrogen-bond donors (Lipinski definition) is 2. The van der Waals surface area contributed by atoms with Gasteiger partial charge in [0.05, 0.1) is 5.54 Å². The first-order valence-corrected chi connectivity index (χ1v) is 7.81. The maximum Gasteiger partial charge on any atom is 0.240 e. The molecular weight excluding hydrogens is 306 g/mol. The molecule has 1 aliphatic heterocycles. The Kier molecular flexibility index (Phi) is 7.09. The van der Waals surface area contributed by atoms with E-state index in [1.165, 1.54) is 0 Å². The van der Waals surface area contributed by atoms with Crippen LogP contribution in [0.1, 0.15) is 38.5 Å². The van der Waals surface area contributed by atoms with Crippen molar-refractivity contribution in [2.45, 2.75) is 50.1 Å². The normalized spacial score (nSPS) is 27.4. The highest BCUT2D eigenvalue weighted by molar-refractivity contribution is 5.86. The maximum atomic E-state index is 12.4. The number of nitrogens with two attached hydrogens (primary N) is 1. The van der Waals surface area contributed by atoms with Crippen LogP contribution in [0.4, 0.5) is 0 Å². The standard InChI is InChI=1S/C15H27N3O3.ClH/c1-18(2)13(19)11-4-3-5-12(10-11)17-14(20)15(16)6-8-21-9-7-15;/h11-12H,3-10,16H2,1-2H3,(H,17,20);1H. The van der Waals surface area contributed by atoms with E-state index in [1.54, 1.807) is 19.0 Å². The number of nitrogens with one attached hydrogen (secondary N) is 1. The fourth-order valence-electron chi connectivity index (χ4n) is 3.20. The molecule has 2 fully saturated rings. The number of ether oxygens (including phenoxy) is 1. The van der Waals surface area contributed by atoms with Crippen molar-refractivity contribution in [1.29, 1.82) is 0 Å². The zero-order valence-corrected chi connectivity index (χ0v) is 14.3. The van der Waals surface area contributed by atoms with Crippen molar-refractivity contribution in [3.63, 3.8) is 0 Å². The van der Waals surface area contributed by atoms with Crippen molar-refractivity contribution in [3.8, 4) is 0 Å². The lowest BCUT2D eigenvalue weighted by Gasteiger charge is -2.36. The monoisotopic (exact) mass is 333 g/mol. The van der Waals surface area contributed by atoms with Crippen molar-refractivity contribution in [3.05, 3.63) is 0 Å². The molecular formula is C15H28ClN3O3. The second-order valence-electron chi connectivity index (χ2n) is 6.54. The highest BCUT2D eigenvalue weighted by Gasteiger charge is 2.38. The molecule has 1 heterocycles. The Morgan fingerprint density at radius 3 is 2.45 bits per heavy atom. The van der Waals surface area contributed by atoms with E-state index in [2.05, 4.69) is 5.32 Å². The van der Waals surface area contributed by atoms with Gasteiger partial charge in [-0.15, -0.1) is 12.4 Å². The van der Waals surface area contributed by atoms with E-state index in [0.29, 0.717) is 26.1 Å². The number of rotatable bonds is 3. The van der Waals surface area contributed by atoms with Gasteiger partial charge in [-0.3, -0.25) is 9.59 Å². The Labute approximate surface area is 138 Å². The average molecular weight is 334 g/mol. The molecule has 0 aromatic rings. The van der Waals surface area contributed by atoms with Crippen molar-refractivity contribution in [2.75, 3.05) is 27.3 Å². The first-order chi connectivity index (χ1) is 9.92. The molecule has 0 radical (unpaired) electrons. The molecule has 22 heavy (non-hydrogen) atoms. The van der Waals surface area contributed by atoms with Crippen LogP contribution in [-0.4, -0.2) is 55.6 Å².